The second-order valence-electron chi connectivity index (χ2n) is 8.29. The summed E-state index contributed by atoms with van der Waals surface area (Å²) in [7, 11) is 1.61. The van der Waals surface area contributed by atoms with Gasteiger partial charge in [0.2, 0.25) is 5.88 Å². The van der Waals surface area contributed by atoms with Crippen molar-refractivity contribution in [1.82, 2.24) is 15.0 Å². The molecule has 8 heteroatoms. The zero-order chi connectivity index (χ0) is 21.6. The normalized spacial score (nSPS) is 24.7. The quantitative estimate of drug-likeness (QED) is 0.674. The minimum Gasteiger partial charge on any atom is -0.481 e. The Kier molecular flexibility index (Phi) is 4.69. The van der Waals surface area contributed by atoms with Crippen molar-refractivity contribution in [1.29, 1.82) is 0 Å². The van der Waals surface area contributed by atoms with Gasteiger partial charge in [-0.25, -0.2) is 19.3 Å². The first-order valence-electron chi connectivity index (χ1n) is 10.00. The Hall–Kier alpha value is -3.00. The van der Waals surface area contributed by atoms with E-state index in [1.54, 1.807) is 31.8 Å². The van der Waals surface area contributed by atoms with Crippen LogP contribution in [-0.4, -0.2) is 33.0 Å². The average Bonchev–Trinajstić information content (AvgIpc) is 2.78. The molecule has 3 aromatic rings. The molecule has 0 unspecified atom stereocenters. The Morgan fingerprint density at radius 2 is 1.94 bits per heavy atom. The number of nitrogens with zero attached hydrogens (tertiary/aromatic N) is 4. The number of ether oxygens (including phenoxy) is 1. The highest BCUT2D eigenvalue weighted by molar-refractivity contribution is 8.13. The van der Waals surface area contributed by atoms with Crippen LogP contribution in [0.3, 0.4) is 0 Å². The zero-order valence-corrected chi connectivity index (χ0v) is 18.1. The van der Waals surface area contributed by atoms with Crippen molar-refractivity contribution in [3.63, 3.8) is 0 Å². The van der Waals surface area contributed by atoms with Crippen LogP contribution < -0.4 is 10.5 Å². The maximum atomic E-state index is 15.5. The van der Waals surface area contributed by atoms with Gasteiger partial charge in [0.05, 0.1) is 7.11 Å². The molecule has 2 N–H and O–H groups in total. The van der Waals surface area contributed by atoms with Crippen LogP contribution in [0.4, 0.5) is 4.39 Å². The number of benzene rings is 1. The van der Waals surface area contributed by atoms with Crippen molar-refractivity contribution in [2.24, 2.45) is 16.1 Å². The van der Waals surface area contributed by atoms with Crippen molar-refractivity contribution in [2.75, 3.05) is 12.9 Å². The fraction of sp³-hybridized carbons (Fsp3) is 0.304. The van der Waals surface area contributed by atoms with E-state index < -0.39 is 5.54 Å². The summed E-state index contributed by atoms with van der Waals surface area (Å²) in [4.78, 5) is 17.5. The van der Waals surface area contributed by atoms with Gasteiger partial charge in [0, 0.05) is 52.9 Å². The highest BCUT2D eigenvalue weighted by Gasteiger charge is 2.56. The van der Waals surface area contributed by atoms with Gasteiger partial charge in [-0.3, -0.25) is 4.99 Å². The fourth-order valence-electron chi connectivity index (χ4n) is 4.83. The van der Waals surface area contributed by atoms with Crippen molar-refractivity contribution < 1.29 is 9.13 Å². The highest BCUT2D eigenvalue weighted by atomic mass is 32.2. The molecular weight excluding hydrogens is 413 g/mol. The number of aliphatic imine (C=N–C) groups is 1. The third-order valence-electron chi connectivity index (χ3n) is 6.46. The lowest BCUT2D eigenvalue weighted by molar-refractivity contribution is 0.146. The van der Waals surface area contributed by atoms with Crippen LogP contribution in [-0.2, 0) is 18.4 Å². The number of amidine groups is 1. The number of fused-ring (bicyclic) bond motifs is 2. The fourth-order valence-corrected chi connectivity index (χ4v) is 5.85. The molecule has 0 amide bonds. The van der Waals surface area contributed by atoms with E-state index >= 15 is 4.39 Å². The van der Waals surface area contributed by atoms with Gasteiger partial charge in [-0.1, -0.05) is 24.8 Å². The lowest BCUT2D eigenvalue weighted by Crippen LogP contribution is -2.54. The summed E-state index contributed by atoms with van der Waals surface area (Å²) in [6.07, 6.45) is 7.87. The summed E-state index contributed by atoms with van der Waals surface area (Å²) in [6, 6.07) is 7.13. The molecule has 0 saturated heterocycles. The van der Waals surface area contributed by atoms with E-state index in [1.165, 1.54) is 24.2 Å². The standard InChI is InChI=1S/C23H22FN5OS/c1-22-8-15-5-6-28-20(30-2)17(15)9-23(22,29-21(25)31-12-22)18-7-14(3-4-19(18)24)16-10-26-13-27-11-16/h3-7,10-11,13H,8-9,12H2,1-2H3,(H2,25,29)/t22-,23+/m0/s1. The zero-order valence-electron chi connectivity index (χ0n) is 17.3. The minimum atomic E-state index is -0.874. The average molecular weight is 436 g/mol. The van der Waals surface area contributed by atoms with Gasteiger partial charge in [-0.15, -0.1) is 0 Å². The van der Waals surface area contributed by atoms with E-state index in [1.807, 2.05) is 12.1 Å². The van der Waals surface area contributed by atoms with Crippen molar-refractivity contribution >= 4 is 16.9 Å². The molecule has 6 nitrogen and oxygen atoms in total. The molecule has 3 heterocycles. The Balaban J connectivity index is 1.76. The van der Waals surface area contributed by atoms with Crippen molar-refractivity contribution in [3.05, 3.63) is 71.7 Å². The maximum absolute atomic E-state index is 15.5. The smallest absolute Gasteiger partial charge is 0.216 e. The van der Waals surface area contributed by atoms with E-state index in [-0.39, 0.29) is 11.2 Å². The van der Waals surface area contributed by atoms with E-state index in [4.69, 9.17) is 15.5 Å². The van der Waals surface area contributed by atoms with E-state index in [2.05, 4.69) is 21.9 Å². The van der Waals surface area contributed by atoms with Crippen LogP contribution in [0.15, 0.2) is 54.2 Å². The van der Waals surface area contributed by atoms with Gasteiger partial charge < -0.3 is 10.5 Å². The van der Waals surface area contributed by atoms with E-state index in [0.717, 1.165) is 34.4 Å². The van der Waals surface area contributed by atoms with Gasteiger partial charge in [0.25, 0.3) is 0 Å². The molecule has 0 saturated carbocycles. The maximum Gasteiger partial charge on any atom is 0.216 e. The Morgan fingerprint density at radius 1 is 1.13 bits per heavy atom. The second kappa shape index (κ2) is 7.30. The molecule has 1 aromatic carbocycles. The van der Waals surface area contributed by atoms with Gasteiger partial charge >= 0.3 is 0 Å². The SMILES string of the molecule is COc1nccc2c1C[C@]1(c3cc(-c4cncnc4)ccc3F)N=C(N)SC[C@]1(C)C2. The first-order chi connectivity index (χ1) is 15.0. The lowest BCUT2D eigenvalue weighted by atomic mass is 9.58. The number of pyridine rings is 1. The minimum absolute atomic E-state index is 0.304. The number of methoxy groups -OCH3 is 1. The third-order valence-corrected chi connectivity index (χ3v) is 7.63. The van der Waals surface area contributed by atoms with Gasteiger partial charge in [0.15, 0.2) is 5.17 Å². The van der Waals surface area contributed by atoms with Gasteiger partial charge in [-0.05, 0) is 35.7 Å². The predicted molar refractivity (Wildman–Crippen MR) is 119 cm³/mol. The molecule has 0 fully saturated rings. The monoisotopic (exact) mass is 435 g/mol. The van der Waals surface area contributed by atoms with Crippen LogP contribution in [0.1, 0.15) is 23.6 Å². The molecule has 0 spiro atoms. The Morgan fingerprint density at radius 3 is 2.71 bits per heavy atom. The highest BCUT2D eigenvalue weighted by Crippen LogP contribution is 2.57. The Labute approximate surface area is 184 Å². The molecule has 158 valence electrons. The molecule has 2 atom stereocenters. The molecule has 0 radical (unpaired) electrons. The summed E-state index contributed by atoms with van der Waals surface area (Å²) in [5.74, 6) is 0.991. The molecule has 2 aliphatic rings. The lowest BCUT2D eigenvalue weighted by Gasteiger charge is -2.52. The number of hydrogen-bond acceptors (Lipinski definition) is 7. The van der Waals surface area contributed by atoms with Gasteiger partial charge in [0.1, 0.15) is 17.7 Å². The number of aromatic nitrogens is 3. The van der Waals surface area contributed by atoms with E-state index in [0.29, 0.717) is 23.0 Å². The van der Waals surface area contributed by atoms with Crippen LogP contribution >= 0.6 is 11.8 Å². The van der Waals surface area contributed by atoms with Crippen LogP contribution in [0.5, 0.6) is 5.88 Å². The molecule has 1 aliphatic heterocycles. The number of nitrogens with two attached hydrogens (primary N) is 1. The summed E-state index contributed by atoms with van der Waals surface area (Å²) in [6.45, 7) is 2.17. The van der Waals surface area contributed by atoms with Crippen molar-refractivity contribution in [3.8, 4) is 17.0 Å². The Bertz CT molecular complexity index is 1190. The number of rotatable bonds is 3. The summed E-state index contributed by atoms with van der Waals surface area (Å²) in [5, 5.41) is 0.469. The summed E-state index contributed by atoms with van der Waals surface area (Å²) >= 11 is 1.53. The molecule has 31 heavy (non-hydrogen) atoms. The molecule has 0 bridgehead atoms. The summed E-state index contributed by atoms with van der Waals surface area (Å²) < 4.78 is 21.0. The van der Waals surface area contributed by atoms with Gasteiger partial charge in [-0.2, -0.15) is 0 Å². The molecule has 5 rings (SSSR count). The molecular formula is C23H22FN5OS. The van der Waals surface area contributed by atoms with Crippen LogP contribution in [0, 0.1) is 11.2 Å². The predicted octanol–water partition coefficient (Wildman–Crippen LogP) is 3.75. The third kappa shape index (κ3) is 3.08. The summed E-state index contributed by atoms with van der Waals surface area (Å²) in [5.41, 5.74) is 9.32. The second-order valence-corrected chi connectivity index (χ2v) is 9.29. The molecule has 1 aliphatic carbocycles. The first-order valence-corrected chi connectivity index (χ1v) is 11.0. The van der Waals surface area contributed by atoms with Crippen LogP contribution in [0.2, 0.25) is 0 Å². The number of halogens is 1. The first kappa shape index (κ1) is 19.9. The number of hydrogen-bond donors (Lipinski definition) is 1. The van der Waals surface area contributed by atoms with Crippen LogP contribution in [0.25, 0.3) is 11.1 Å². The molecule has 2 aromatic heterocycles. The number of thioether (sulfide) groups is 1. The van der Waals surface area contributed by atoms with E-state index in [9.17, 15) is 0 Å². The van der Waals surface area contributed by atoms with Crippen molar-refractivity contribution in [2.45, 2.75) is 25.3 Å². The topological polar surface area (TPSA) is 86.3 Å². The largest absolute Gasteiger partial charge is 0.481 e.